The van der Waals surface area contributed by atoms with Crippen LogP contribution < -0.4 is 4.74 Å². The molecule has 0 aromatic heterocycles. The van der Waals surface area contributed by atoms with E-state index in [0.29, 0.717) is 6.61 Å². The van der Waals surface area contributed by atoms with E-state index in [1.54, 1.807) is 0 Å². The maximum atomic E-state index is 9.39. The van der Waals surface area contributed by atoms with Gasteiger partial charge in [-0.25, -0.2) is 0 Å². The summed E-state index contributed by atoms with van der Waals surface area (Å²) in [5, 5.41) is 9.39. The monoisotopic (exact) mass is 251 g/mol. The molecule has 3 nitrogen and oxygen atoms in total. The molecule has 0 heterocycles. The Morgan fingerprint density at radius 2 is 2.00 bits per heavy atom. The van der Waals surface area contributed by atoms with E-state index in [0.717, 1.165) is 5.75 Å². The average molecular weight is 251 g/mol. The molecule has 0 bridgehead atoms. The zero-order valence-electron chi connectivity index (χ0n) is 12.1. The highest BCUT2D eigenvalue weighted by molar-refractivity contribution is 5.37. The standard InChI is InChI=1S/C15H25NO2/c1-6-18-13-7-8-14(11(2)9-13)15(16(4)5)12(3)10-17/h7-9,12,15,17H,6,10H2,1-5H3. The lowest BCUT2D eigenvalue weighted by Gasteiger charge is -2.31. The van der Waals surface area contributed by atoms with Crippen molar-refractivity contribution in [2.45, 2.75) is 26.8 Å². The third-order valence-corrected chi connectivity index (χ3v) is 3.25. The highest BCUT2D eigenvalue weighted by Gasteiger charge is 2.22. The Kier molecular flexibility index (Phi) is 5.63. The van der Waals surface area contributed by atoms with Crippen molar-refractivity contribution in [3.05, 3.63) is 29.3 Å². The summed E-state index contributed by atoms with van der Waals surface area (Å²) >= 11 is 0. The van der Waals surface area contributed by atoms with Gasteiger partial charge in [-0.2, -0.15) is 0 Å². The number of aryl methyl sites for hydroxylation is 1. The largest absolute Gasteiger partial charge is 0.494 e. The summed E-state index contributed by atoms with van der Waals surface area (Å²) in [7, 11) is 4.10. The lowest BCUT2D eigenvalue weighted by molar-refractivity contribution is 0.145. The highest BCUT2D eigenvalue weighted by atomic mass is 16.5. The van der Waals surface area contributed by atoms with E-state index in [-0.39, 0.29) is 18.6 Å². The fraction of sp³-hybridized carbons (Fsp3) is 0.600. The van der Waals surface area contributed by atoms with Gasteiger partial charge in [0.25, 0.3) is 0 Å². The van der Waals surface area contributed by atoms with E-state index in [1.165, 1.54) is 11.1 Å². The van der Waals surface area contributed by atoms with E-state index < -0.39 is 0 Å². The number of aliphatic hydroxyl groups excluding tert-OH is 1. The van der Waals surface area contributed by atoms with E-state index in [2.05, 4.69) is 30.9 Å². The number of hydrogen-bond donors (Lipinski definition) is 1. The van der Waals surface area contributed by atoms with Crippen LogP contribution in [-0.2, 0) is 0 Å². The zero-order valence-corrected chi connectivity index (χ0v) is 12.1. The van der Waals surface area contributed by atoms with Crippen molar-refractivity contribution in [1.82, 2.24) is 4.90 Å². The van der Waals surface area contributed by atoms with Crippen molar-refractivity contribution >= 4 is 0 Å². The van der Waals surface area contributed by atoms with E-state index in [1.807, 2.05) is 27.1 Å². The molecule has 0 fully saturated rings. The lowest BCUT2D eigenvalue weighted by Crippen LogP contribution is -2.28. The minimum atomic E-state index is 0.190. The highest BCUT2D eigenvalue weighted by Crippen LogP contribution is 2.30. The summed E-state index contributed by atoms with van der Waals surface area (Å²) in [6.07, 6.45) is 0. The van der Waals surface area contributed by atoms with Crippen LogP contribution in [0, 0.1) is 12.8 Å². The predicted molar refractivity (Wildman–Crippen MR) is 75.0 cm³/mol. The number of ether oxygens (including phenoxy) is 1. The predicted octanol–water partition coefficient (Wildman–Crippen LogP) is 2.62. The number of rotatable bonds is 6. The SMILES string of the molecule is CCOc1ccc(C(C(C)CO)N(C)C)c(C)c1. The van der Waals surface area contributed by atoms with Crippen molar-refractivity contribution in [2.24, 2.45) is 5.92 Å². The van der Waals surface area contributed by atoms with Gasteiger partial charge in [-0.1, -0.05) is 13.0 Å². The summed E-state index contributed by atoms with van der Waals surface area (Å²) in [5.41, 5.74) is 2.46. The minimum absolute atomic E-state index is 0.190. The van der Waals surface area contributed by atoms with Crippen LogP contribution in [0.15, 0.2) is 18.2 Å². The van der Waals surface area contributed by atoms with Gasteiger partial charge in [0.1, 0.15) is 5.75 Å². The molecule has 1 N–H and O–H groups in total. The van der Waals surface area contributed by atoms with Crippen molar-refractivity contribution in [3.63, 3.8) is 0 Å². The molecule has 0 saturated carbocycles. The topological polar surface area (TPSA) is 32.7 Å². The molecule has 1 aromatic rings. The Bertz CT molecular complexity index is 377. The first-order valence-electron chi connectivity index (χ1n) is 6.51. The molecule has 1 aromatic carbocycles. The van der Waals surface area contributed by atoms with Gasteiger partial charge in [-0.3, -0.25) is 0 Å². The first-order chi connectivity index (χ1) is 8.51. The van der Waals surface area contributed by atoms with Gasteiger partial charge < -0.3 is 14.7 Å². The number of benzene rings is 1. The second-order valence-corrected chi connectivity index (χ2v) is 5.02. The summed E-state index contributed by atoms with van der Waals surface area (Å²) in [5.74, 6) is 1.12. The molecular weight excluding hydrogens is 226 g/mol. The van der Waals surface area contributed by atoms with Crippen LogP contribution >= 0.6 is 0 Å². The zero-order chi connectivity index (χ0) is 13.7. The fourth-order valence-corrected chi connectivity index (χ4v) is 2.43. The van der Waals surface area contributed by atoms with Crippen molar-refractivity contribution in [2.75, 3.05) is 27.3 Å². The Hall–Kier alpha value is -1.06. The summed E-state index contributed by atoms with van der Waals surface area (Å²) in [4.78, 5) is 2.16. The number of hydrogen-bond acceptors (Lipinski definition) is 3. The fourth-order valence-electron chi connectivity index (χ4n) is 2.43. The third-order valence-electron chi connectivity index (χ3n) is 3.25. The third kappa shape index (κ3) is 3.47. The molecule has 0 aliphatic rings. The van der Waals surface area contributed by atoms with Gasteiger partial charge in [-0.15, -0.1) is 0 Å². The molecule has 2 atom stereocenters. The quantitative estimate of drug-likeness (QED) is 0.843. The molecule has 102 valence electrons. The lowest BCUT2D eigenvalue weighted by atomic mass is 9.91. The molecule has 0 spiro atoms. The Balaban J connectivity index is 3.05. The van der Waals surface area contributed by atoms with Crippen LogP contribution in [0.3, 0.4) is 0 Å². The molecule has 0 saturated heterocycles. The number of nitrogens with zero attached hydrogens (tertiary/aromatic N) is 1. The number of aliphatic hydroxyl groups is 1. The van der Waals surface area contributed by atoms with Gasteiger partial charge in [0.2, 0.25) is 0 Å². The summed E-state index contributed by atoms with van der Waals surface area (Å²) in [6.45, 7) is 7.02. The van der Waals surface area contributed by atoms with E-state index in [9.17, 15) is 5.11 Å². The Labute approximate surface area is 110 Å². The van der Waals surface area contributed by atoms with Crippen LogP contribution in [-0.4, -0.2) is 37.3 Å². The Morgan fingerprint density at radius 1 is 1.33 bits per heavy atom. The smallest absolute Gasteiger partial charge is 0.119 e. The maximum Gasteiger partial charge on any atom is 0.119 e. The molecular formula is C15H25NO2. The molecule has 0 radical (unpaired) electrons. The first kappa shape index (κ1) is 15.0. The molecule has 0 amide bonds. The van der Waals surface area contributed by atoms with Crippen molar-refractivity contribution in [1.29, 1.82) is 0 Å². The summed E-state index contributed by atoms with van der Waals surface area (Å²) < 4.78 is 5.51. The molecule has 1 rings (SSSR count). The average Bonchev–Trinajstić information content (AvgIpc) is 2.32. The van der Waals surface area contributed by atoms with E-state index >= 15 is 0 Å². The Morgan fingerprint density at radius 3 is 2.44 bits per heavy atom. The van der Waals surface area contributed by atoms with Crippen LogP contribution in [0.2, 0.25) is 0 Å². The van der Waals surface area contributed by atoms with Crippen LogP contribution in [0.5, 0.6) is 5.75 Å². The van der Waals surface area contributed by atoms with Crippen LogP contribution in [0.25, 0.3) is 0 Å². The van der Waals surface area contributed by atoms with Gasteiger partial charge in [-0.05, 0) is 57.1 Å². The second-order valence-electron chi connectivity index (χ2n) is 5.02. The van der Waals surface area contributed by atoms with Crippen LogP contribution in [0.1, 0.15) is 31.0 Å². The molecule has 3 heteroatoms. The molecule has 0 aliphatic heterocycles. The summed E-state index contributed by atoms with van der Waals surface area (Å²) in [6, 6.07) is 6.41. The normalized spacial score (nSPS) is 14.6. The van der Waals surface area contributed by atoms with Crippen LogP contribution in [0.4, 0.5) is 0 Å². The second kappa shape index (κ2) is 6.76. The molecule has 18 heavy (non-hydrogen) atoms. The molecule has 0 aliphatic carbocycles. The van der Waals surface area contributed by atoms with Gasteiger partial charge in [0.05, 0.1) is 6.61 Å². The van der Waals surface area contributed by atoms with Gasteiger partial charge >= 0.3 is 0 Å². The minimum Gasteiger partial charge on any atom is -0.494 e. The van der Waals surface area contributed by atoms with Gasteiger partial charge in [0.15, 0.2) is 0 Å². The van der Waals surface area contributed by atoms with Gasteiger partial charge in [0, 0.05) is 12.6 Å². The maximum absolute atomic E-state index is 9.39. The van der Waals surface area contributed by atoms with Crippen molar-refractivity contribution in [3.8, 4) is 5.75 Å². The molecule has 2 unspecified atom stereocenters. The van der Waals surface area contributed by atoms with Crippen molar-refractivity contribution < 1.29 is 9.84 Å². The first-order valence-corrected chi connectivity index (χ1v) is 6.51. The van der Waals surface area contributed by atoms with E-state index in [4.69, 9.17) is 4.74 Å².